The highest BCUT2D eigenvalue weighted by Gasteiger charge is 2.18. The highest BCUT2D eigenvalue weighted by atomic mass is 32.2. The number of hydrogen-bond acceptors (Lipinski definition) is 5. The molecule has 6 nitrogen and oxygen atoms in total. The van der Waals surface area contributed by atoms with Gasteiger partial charge in [0, 0.05) is 24.8 Å². The second-order valence-corrected chi connectivity index (χ2v) is 4.72. The molecule has 0 saturated heterocycles. The molecular weight excluding hydrogens is 216 g/mol. The predicted molar refractivity (Wildman–Crippen MR) is 51.5 cm³/mol. The third-order valence-electron chi connectivity index (χ3n) is 1.71. The minimum absolute atomic E-state index is 0.0602. The zero-order valence-corrected chi connectivity index (χ0v) is 8.48. The third kappa shape index (κ3) is 2.18. The number of sulfone groups is 1. The molecule has 2 rings (SSSR count). The molecule has 78 valence electrons. The molecule has 0 fully saturated rings. The summed E-state index contributed by atoms with van der Waals surface area (Å²) < 4.78 is 23.4. The smallest absolute Gasteiger partial charge is 0.225 e. The lowest BCUT2D eigenvalue weighted by Crippen LogP contribution is -2.09. The van der Waals surface area contributed by atoms with Gasteiger partial charge in [0.15, 0.2) is 0 Å². The Labute approximate surface area is 86.3 Å². The maximum absolute atomic E-state index is 11.7. The number of H-pyrrole nitrogens is 1. The van der Waals surface area contributed by atoms with Crippen molar-refractivity contribution < 1.29 is 8.42 Å². The molecule has 0 bridgehead atoms. The summed E-state index contributed by atoms with van der Waals surface area (Å²) in [4.78, 5) is 13.9. The van der Waals surface area contributed by atoms with Gasteiger partial charge in [0.25, 0.3) is 0 Å². The molecule has 0 aliphatic carbocycles. The molecule has 0 unspecified atom stereocenters. The molecule has 0 radical (unpaired) electrons. The van der Waals surface area contributed by atoms with Gasteiger partial charge in [-0.1, -0.05) is 0 Å². The van der Waals surface area contributed by atoms with Crippen LogP contribution in [0.3, 0.4) is 0 Å². The van der Waals surface area contributed by atoms with Crippen molar-refractivity contribution in [1.29, 1.82) is 0 Å². The van der Waals surface area contributed by atoms with E-state index in [2.05, 4.69) is 19.9 Å². The summed E-state index contributed by atoms with van der Waals surface area (Å²) in [5.74, 6) is 0.00958. The minimum Gasteiger partial charge on any atom is -0.336 e. The van der Waals surface area contributed by atoms with Crippen molar-refractivity contribution in [2.75, 3.05) is 0 Å². The first kappa shape index (κ1) is 9.78. The molecule has 0 aromatic carbocycles. The molecule has 0 saturated carbocycles. The first-order valence-electron chi connectivity index (χ1n) is 4.16. The van der Waals surface area contributed by atoms with Crippen LogP contribution < -0.4 is 0 Å². The Morgan fingerprint density at radius 1 is 1.13 bits per heavy atom. The number of nitrogens with zero attached hydrogens (tertiary/aromatic N) is 3. The molecule has 0 aliphatic heterocycles. The van der Waals surface area contributed by atoms with Crippen LogP contribution in [0.1, 0.15) is 5.82 Å². The largest absolute Gasteiger partial charge is 0.336 e. The van der Waals surface area contributed by atoms with Crippen LogP contribution in [0.2, 0.25) is 0 Å². The van der Waals surface area contributed by atoms with E-state index in [1.54, 1.807) is 6.07 Å². The van der Waals surface area contributed by atoms with E-state index in [4.69, 9.17) is 0 Å². The van der Waals surface area contributed by atoms with Gasteiger partial charge in [-0.15, -0.1) is 0 Å². The van der Waals surface area contributed by atoms with Crippen LogP contribution in [0.5, 0.6) is 0 Å². The maximum atomic E-state index is 11.7. The van der Waals surface area contributed by atoms with Crippen LogP contribution in [0.25, 0.3) is 0 Å². The van der Waals surface area contributed by atoms with E-state index in [0.29, 0.717) is 0 Å². The highest BCUT2D eigenvalue weighted by Crippen LogP contribution is 2.08. The topological polar surface area (TPSA) is 88.6 Å². The zero-order valence-electron chi connectivity index (χ0n) is 7.66. The van der Waals surface area contributed by atoms with Crippen LogP contribution in [0.4, 0.5) is 0 Å². The van der Waals surface area contributed by atoms with Crippen LogP contribution in [0, 0.1) is 0 Å². The molecule has 0 spiro atoms. The Bertz CT molecular complexity index is 521. The lowest BCUT2D eigenvalue weighted by atomic mass is 10.6. The quantitative estimate of drug-likeness (QED) is 0.803. The minimum atomic E-state index is -3.46. The summed E-state index contributed by atoms with van der Waals surface area (Å²) >= 11 is 0. The fraction of sp³-hybridized carbons (Fsp3) is 0.125. The number of nitrogens with one attached hydrogen (secondary N) is 1. The number of imidazole rings is 1. The van der Waals surface area contributed by atoms with E-state index in [9.17, 15) is 8.42 Å². The third-order valence-corrected chi connectivity index (χ3v) is 3.16. The standard InChI is InChI=1S/C8H8N4O2S/c13-15(14,8-11-4-5-12-8)6-7-9-2-1-3-10-7/h1-5H,6H2,(H,11,12). The fourth-order valence-corrected chi connectivity index (χ4v) is 2.16. The van der Waals surface area contributed by atoms with Crippen molar-refractivity contribution in [2.24, 2.45) is 0 Å². The van der Waals surface area contributed by atoms with Crippen molar-refractivity contribution in [3.63, 3.8) is 0 Å². The summed E-state index contributed by atoms with van der Waals surface area (Å²) in [7, 11) is -3.46. The summed E-state index contributed by atoms with van der Waals surface area (Å²) in [6, 6.07) is 1.63. The van der Waals surface area contributed by atoms with E-state index in [0.717, 1.165) is 0 Å². The molecule has 0 atom stereocenters. The lowest BCUT2D eigenvalue weighted by Gasteiger charge is -1.98. The summed E-state index contributed by atoms with van der Waals surface area (Å²) in [5, 5.41) is -0.0602. The maximum Gasteiger partial charge on any atom is 0.225 e. The summed E-state index contributed by atoms with van der Waals surface area (Å²) in [6.45, 7) is 0. The van der Waals surface area contributed by atoms with Crippen LogP contribution in [-0.2, 0) is 15.6 Å². The van der Waals surface area contributed by atoms with Gasteiger partial charge in [-0.3, -0.25) is 0 Å². The molecule has 2 aromatic heterocycles. The van der Waals surface area contributed by atoms with Crippen molar-refractivity contribution >= 4 is 9.84 Å². The van der Waals surface area contributed by atoms with Gasteiger partial charge in [0.1, 0.15) is 11.6 Å². The van der Waals surface area contributed by atoms with Gasteiger partial charge in [0.2, 0.25) is 15.0 Å². The SMILES string of the molecule is O=S(=O)(Cc1ncccn1)c1ncc[nH]1. The fourth-order valence-electron chi connectivity index (χ4n) is 1.06. The molecule has 0 aliphatic rings. The highest BCUT2D eigenvalue weighted by molar-refractivity contribution is 7.90. The number of hydrogen-bond donors (Lipinski definition) is 1. The van der Waals surface area contributed by atoms with Crippen molar-refractivity contribution in [3.8, 4) is 0 Å². The average molecular weight is 224 g/mol. The second-order valence-electron chi connectivity index (χ2n) is 2.82. The summed E-state index contributed by atoms with van der Waals surface area (Å²) in [6.07, 6.45) is 5.84. The molecular formula is C8H8N4O2S. The molecule has 7 heteroatoms. The predicted octanol–water partition coefficient (Wildman–Crippen LogP) is 0.174. The number of aromatic nitrogens is 4. The Morgan fingerprint density at radius 2 is 1.87 bits per heavy atom. The van der Waals surface area contributed by atoms with Gasteiger partial charge >= 0.3 is 0 Å². The zero-order chi connectivity index (χ0) is 10.7. The van der Waals surface area contributed by atoms with E-state index < -0.39 is 9.84 Å². The van der Waals surface area contributed by atoms with Gasteiger partial charge in [-0.05, 0) is 6.07 Å². The molecule has 2 heterocycles. The van der Waals surface area contributed by atoms with E-state index in [1.165, 1.54) is 24.8 Å². The van der Waals surface area contributed by atoms with Gasteiger partial charge in [0.05, 0.1) is 0 Å². The van der Waals surface area contributed by atoms with Crippen molar-refractivity contribution in [1.82, 2.24) is 19.9 Å². The number of aromatic amines is 1. The number of rotatable bonds is 3. The van der Waals surface area contributed by atoms with Gasteiger partial charge < -0.3 is 4.98 Å². The first-order valence-corrected chi connectivity index (χ1v) is 5.82. The van der Waals surface area contributed by atoms with Crippen molar-refractivity contribution in [2.45, 2.75) is 10.9 Å². The van der Waals surface area contributed by atoms with Gasteiger partial charge in [-0.2, -0.15) is 0 Å². The van der Waals surface area contributed by atoms with Crippen molar-refractivity contribution in [3.05, 3.63) is 36.7 Å². The Hall–Kier alpha value is -1.76. The van der Waals surface area contributed by atoms with E-state index >= 15 is 0 Å². The molecule has 15 heavy (non-hydrogen) atoms. The van der Waals surface area contributed by atoms with Gasteiger partial charge in [-0.25, -0.2) is 23.4 Å². The van der Waals surface area contributed by atoms with E-state index in [-0.39, 0.29) is 16.7 Å². The first-order chi connectivity index (χ1) is 7.18. The van der Waals surface area contributed by atoms with Crippen LogP contribution >= 0.6 is 0 Å². The molecule has 1 N–H and O–H groups in total. The average Bonchev–Trinajstić information content (AvgIpc) is 2.71. The van der Waals surface area contributed by atoms with E-state index in [1.807, 2.05) is 0 Å². The van der Waals surface area contributed by atoms with Crippen LogP contribution in [0.15, 0.2) is 36.0 Å². The second kappa shape index (κ2) is 3.77. The Balaban J connectivity index is 2.27. The molecule has 0 amide bonds. The molecule has 2 aromatic rings. The normalized spacial score (nSPS) is 11.5. The lowest BCUT2D eigenvalue weighted by molar-refractivity contribution is 0.586. The van der Waals surface area contributed by atoms with Crippen LogP contribution in [-0.4, -0.2) is 28.4 Å². The summed E-state index contributed by atoms with van der Waals surface area (Å²) in [5.41, 5.74) is 0. The Morgan fingerprint density at radius 3 is 2.47 bits per heavy atom. The monoisotopic (exact) mass is 224 g/mol. The Kier molecular flexibility index (Phi) is 2.46.